The zero-order valence-electron chi connectivity index (χ0n) is 10.3. The first-order chi connectivity index (χ1) is 8.82. The van der Waals surface area contributed by atoms with E-state index in [9.17, 15) is 12.8 Å². The molecule has 0 spiro atoms. The number of nitrogens with zero attached hydrogens (tertiary/aromatic N) is 1. The lowest BCUT2D eigenvalue weighted by Crippen LogP contribution is -2.03. The number of methoxy groups -OCH3 is 1. The summed E-state index contributed by atoms with van der Waals surface area (Å²) in [4.78, 5) is -0.224. The monoisotopic (exact) mass is 285 g/mol. The molecule has 0 aliphatic carbocycles. The highest BCUT2D eigenvalue weighted by atomic mass is 32.2. The molecular weight excluding hydrogens is 273 g/mol. The molecule has 0 fully saturated rings. The van der Waals surface area contributed by atoms with Crippen LogP contribution >= 0.6 is 0 Å². The van der Waals surface area contributed by atoms with Crippen LogP contribution in [0.1, 0.15) is 0 Å². The van der Waals surface area contributed by atoms with E-state index in [1.165, 1.54) is 13.2 Å². The molecule has 0 unspecified atom stereocenters. The Labute approximate surface area is 109 Å². The van der Waals surface area contributed by atoms with Crippen molar-refractivity contribution < 1.29 is 17.5 Å². The fraction of sp³-hybridized carbons (Fsp3) is 0.182. The summed E-state index contributed by atoms with van der Waals surface area (Å²) >= 11 is 0. The molecule has 2 aromatic rings. The van der Waals surface area contributed by atoms with Gasteiger partial charge in [-0.1, -0.05) is 0 Å². The Hall–Kier alpha value is -2.09. The van der Waals surface area contributed by atoms with Gasteiger partial charge in [-0.2, -0.15) is 5.10 Å². The number of anilines is 1. The normalized spacial score (nSPS) is 11.5. The van der Waals surface area contributed by atoms with Crippen molar-refractivity contribution >= 4 is 15.7 Å². The molecule has 0 saturated carbocycles. The zero-order chi connectivity index (χ0) is 14.2. The minimum absolute atomic E-state index is 0.0487. The predicted octanol–water partition coefficient (Wildman–Crippen LogP) is 1.21. The topological polar surface area (TPSA) is 98.1 Å². The Morgan fingerprint density at radius 3 is 2.53 bits per heavy atom. The second kappa shape index (κ2) is 4.54. The number of H-pyrrole nitrogens is 1. The van der Waals surface area contributed by atoms with Crippen molar-refractivity contribution in [1.82, 2.24) is 10.2 Å². The van der Waals surface area contributed by atoms with E-state index in [-0.39, 0.29) is 22.0 Å². The van der Waals surface area contributed by atoms with Crippen molar-refractivity contribution in [2.45, 2.75) is 4.90 Å². The third-order valence-corrected chi connectivity index (χ3v) is 3.61. The van der Waals surface area contributed by atoms with Crippen LogP contribution in [0.5, 0.6) is 5.75 Å². The first-order valence-corrected chi connectivity index (χ1v) is 7.11. The molecule has 0 radical (unpaired) electrons. The number of hydrogen-bond donors (Lipinski definition) is 2. The Morgan fingerprint density at radius 2 is 2.05 bits per heavy atom. The van der Waals surface area contributed by atoms with Gasteiger partial charge in [0.2, 0.25) is 0 Å². The molecule has 0 bridgehead atoms. The number of ether oxygens (including phenoxy) is 1. The van der Waals surface area contributed by atoms with Gasteiger partial charge in [-0.25, -0.2) is 12.8 Å². The van der Waals surface area contributed by atoms with Crippen molar-refractivity contribution in [1.29, 1.82) is 0 Å². The number of aromatic amines is 1. The second-order valence-electron chi connectivity index (χ2n) is 3.96. The molecule has 3 N–H and O–H groups in total. The number of halogens is 1. The summed E-state index contributed by atoms with van der Waals surface area (Å²) in [6, 6.07) is 3.53. The standard InChI is InChI=1S/C11H12FN3O3S/c1-18-11-7(8-5-10(13)15-14-8)3-6(12)4-9(11)19(2,16)17/h3-5H,1-2H3,(H3,13,14,15). The Balaban J connectivity index is 2.78. The number of sulfone groups is 1. The summed E-state index contributed by atoms with van der Waals surface area (Å²) in [5.41, 5.74) is 6.09. The quantitative estimate of drug-likeness (QED) is 0.883. The van der Waals surface area contributed by atoms with Crippen LogP contribution in [0.4, 0.5) is 10.2 Å². The molecule has 0 atom stereocenters. The van der Waals surface area contributed by atoms with Gasteiger partial charge in [-0.3, -0.25) is 5.10 Å². The van der Waals surface area contributed by atoms with Gasteiger partial charge in [0, 0.05) is 17.9 Å². The van der Waals surface area contributed by atoms with Crippen molar-refractivity contribution in [3.05, 3.63) is 24.0 Å². The Kier molecular flexibility index (Phi) is 3.19. The van der Waals surface area contributed by atoms with Crippen molar-refractivity contribution in [3.63, 3.8) is 0 Å². The summed E-state index contributed by atoms with van der Waals surface area (Å²) in [7, 11) is -2.31. The number of benzene rings is 1. The zero-order valence-corrected chi connectivity index (χ0v) is 11.1. The lowest BCUT2D eigenvalue weighted by atomic mass is 10.1. The fourth-order valence-corrected chi connectivity index (χ4v) is 2.59. The molecular formula is C11H12FN3O3S. The SMILES string of the molecule is COc1c(-c2cc(N)n[nH]2)cc(F)cc1S(C)(=O)=O. The van der Waals surface area contributed by atoms with Crippen LogP contribution in [0.25, 0.3) is 11.3 Å². The highest BCUT2D eigenvalue weighted by Gasteiger charge is 2.21. The van der Waals surface area contributed by atoms with E-state index in [1.54, 1.807) is 0 Å². The number of nitrogens with one attached hydrogen (secondary N) is 1. The summed E-state index contributed by atoms with van der Waals surface area (Å²) in [6.45, 7) is 0. The Morgan fingerprint density at radius 1 is 1.37 bits per heavy atom. The molecule has 19 heavy (non-hydrogen) atoms. The smallest absolute Gasteiger partial charge is 0.179 e. The maximum atomic E-state index is 13.6. The molecule has 0 aliphatic rings. The van der Waals surface area contributed by atoms with Crippen LogP contribution in [0.3, 0.4) is 0 Å². The number of nitrogens with two attached hydrogens (primary N) is 1. The highest BCUT2D eigenvalue weighted by molar-refractivity contribution is 7.90. The van der Waals surface area contributed by atoms with Gasteiger partial charge >= 0.3 is 0 Å². The molecule has 1 heterocycles. The first kappa shape index (κ1) is 13.3. The van der Waals surface area contributed by atoms with Crippen LogP contribution < -0.4 is 10.5 Å². The minimum Gasteiger partial charge on any atom is -0.495 e. The van der Waals surface area contributed by atoms with Crippen LogP contribution in [0.15, 0.2) is 23.1 Å². The van der Waals surface area contributed by atoms with E-state index < -0.39 is 15.7 Å². The average molecular weight is 285 g/mol. The van der Waals surface area contributed by atoms with Gasteiger partial charge in [0.15, 0.2) is 9.84 Å². The summed E-state index contributed by atoms with van der Waals surface area (Å²) in [5.74, 6) is -0.431. The summed E-state index contributed by atoms with van der Waals surface area (Å²) < 4.78 is 42.0. The molecule has 2 rings (SSSR count). The van der Waals surface area contributed by atoms with Gasteiger partial charge < -0.3 is 10.5 Å². The number of aromatic nitrogens is 2. The molecule has 1 aromatic carbocycles. The largest absolute Gasteiger partial charge is 0.495 e. The molecule has 0 aliphatic heterocycles. The van der Waals surface area contributed by atoms with Gasteiger partial charge in [0.1, 0.15) is 22.3 Å². The maximum absolute atomic E-state index is 13.6. The second-order valence-corrected chi connectivity index (χ2v) is 5.95. The molecule has 0 saturated heterocycles. The van der Waals surface area contributed by atoms with Gasteiger partial charge in [-0.05, 0) is 12.1 Å². The van der Waals surface area contributed by atoms with Crippen molar-refractivity contribution in [2.75, 3.05) is 19.1 Å². The van der Waals surface area contributed by atoms with E-state index in [1.807, 2.05) is 0 Å². The number of rotatable bonds is 3. The number of hydrogen-bond acceptors (Lipinski definition) is 5. The molecule has 8 heteroatoms. The summed E-state index contributed by atoms with van der Waals surface area (Å²) in [5, 5.41) is 6.30. The van der Waals surface area contributed by atoms with Gasteiger partial charge in [0.25, 0.3) is 0 Å². The third-order valence-electron chi connectivity index (χ3n) is 2.51. The van der Waals surface area contributed by atoms with Crippen molar-refractivity contribution in [2.24, 2.45) is 0 Å². The first-order valence-electron chi connectivity index (χ1n) is 5.21. The fourth-order valence-electron chi connectivity index (χ4n) is 1.73. The van der Waals surface area contributed by atoms with Crippen LogP contribution in [-0.2, 0) is 9.84 Å². The highest BCUT2D eigenvalue weighted by Crippen LogP contribution is 2.36. The summed E-state index contributed by atoms with van der Waals surface area (Å²) in [6.07, 6.45) is 0.982. The molecule has 102 valence electrons. The van der Waals surface area contributed by atoms with Gasteiger partial charge in [-0.15, -0.1) is 0 Å². The van der Waals surface area contributed by atoms with E-state index in [2.05, 4.69) is 10.2 Å². The average Bonchev–Trinajstić information content (AvgIpc) is 2.73. The van der Waals surface area contributed by atoms with Gasteiger partial charge in [0.05, 0.1) is 12.8 Å². The van der Waals surface area contributed by atoms with Crippen LogP contribution in [0, 0.1) is 5.82 Å². The van der Waals surface area contributed by atoms with E-state index in [4.69, 9.17) is 10.5 Å². The molecule has 1 aromatic heterocycles. The molecule has 0 amide bonds. The minimum atomic E-state index is -3.62. The predicted molar refractivity (Wildman–Crippen MR) is 68.1 cm³/mol. The van der Waals surface area contributed by atoms with Crippen molar-refractivity contribution in [3.8, 4) is 17.0 Å². The third kappa shape index (κ3) is 2.53. The molecule has 6 nitrogen and oxygen atoms in total. The number of nitrogen functional groups attached to an aromatic ring is 1. The van der Waals surface area contributed by atoms with E-state index in [0.717, 1.165) is 18.4 Å². The Bertz CT molecular complexity index is 725. The van der Waals surface area contributed by atoms with Crippen LogP contribution in [-0.4, -0.2) is 32.0 Å². The maximum Gasteiger partial charge on any atom is 0.179 e. The van der Waals surface area contributed by atoms with E-state index >= 15 is 0 Å². The van der Waals surface area contributed by atoms with Crippen LogP contribution in [0.2, 0.25) is 0 Å². The van der Waals surface area contributed by atoms with E-state index in [0.29, 0.717) is 5.69 Å². The lowest BCUT2D eigenvalue weighted by molar-refractivity contribution is 0.403. The lowest BCUT2D eigenvalue weighted by Gasteiger charge is -2.11.